The third-order valence-corrected chi connectivity index (χ3v) is 5.57. The molecule has 0 radical (unpaired) electrons. The number of rotatable bonds is 5. The molecule has 0 unspecified atom stereocenters. The molecule has 0 spiro atoms. The summed E-state index contributed by atoms with van der Waals surface area (Å²) < 4.78 is 32.4. The second kappa shape index (κ2) is 9.09. The highest BCUT2D eigenvalue weighted by atomic mass is 19.1. The van der Waals surface area contributed by atoms with Gasteiger partial charge in [-0.2, -0.15) is 0 Å². The van der Waals surface area contributed by atoms with E-state index in [1.807, 2.05) is 18.2 Å². The average Bonchev–Trinajstić information content (AvgIpc) is 2.78. The van der Waals surface area contributed by atoms with Gasteiger partial charge in [-0.25, -0.2) is 8.78 Å². The summed E-state index contributed by atoms with van der Waals surface area (Å²) in [4.78, 5) is 25.5. The summed E-state index contributed by atoms with van der Waals surface area (Å²) in [6.07, 6.45) is 2.32. The lowest BCUT2D eigenvalue weighted by Gasteiger charge is -2.35. The number of fused-ring (bicyclic) bond motifs is 1. The Morgan fingerprint density at radius 3 is 2.59 bits per heavy atom. The molecule has 0 fully saturated rings. The van der Waals surface area contributed by atoms with Crippen molar-refractivity contribution in [3.05, 3.63) is 101 Å². The van der Waals surface area contributed by atoms with E-state index in [1.165, 1.54) is 12.1 Å². The zero-order valence-electron chi connectivity index (χ0n) is 19.0. The van der Waals surface area contributed by atoms with Gasteiger partial charge in [0.2, 0.25) is 0 Å². The van der Waals surface area contributed by atoms with E-state index >= 15 is 0 Å². The lowest BCUT2D eigenvalue weighted by molar-refractivity contribution is 0.101. The van der Waals surface area contributed by atoms with Crippen molar-refractivity contribution in [3.8, 4) is 5.75 Å². The van der Waals surface area contributed by atoms with Gasteiger partial charge in [-0.05, 0) is 62.2 Å². The van der Waals surface area contributed by atoms with Gasteiger partial charge >= 0.3 is 0 Å². The maximum atomic E-state index is 13.9. The fourth-order valence-electron chi connectivity index (χ4n) is 3.99. The molecule has 0 atom stereocenters. The monoisotopic (exact) mass is 462 g/mol. The summed E-state index contributed by atoms with van der Waals surface area (Å²) in [6.45, 7) is 4.12. The third-order valence-electron chi connectivity index (χ3n) is 5.57. The van der Waals surface area contributed by atoms with E-state index in [1.54, 1.807) is 25.3 Å². The summed E-state index contributed by atoms with van der Waals surface area (Å²) in [6, 6.07) is 14.9. The first-order chi connectivity index (χ1) is 16.1. The van der Waals surface area contributed by atoms with Crippen molar-refractivity contribution in [2.45, 2.75) is 25.8 Å². The molecule has 7 heteroatoms. The number of hydrogen-bond acceptors (Lipinski definition) is 4. The maximum absolute atomic E-state index is 13.9. The van der Waals surface area contributed by atoms with Crippen LogP contribution in [0.5, 0.6) is 5.75 Å². The lowest BCUT2D eigenvalue weighted by Crippen LogP contribution is -2.43. The highest BCUT2D eigenvalue weighted by Gasteiger charge is 2.28. The van der Waals surface area contributed by atoms with Gasteiger partial charge in [0.05, 0.1) is 12.7 Å². The maximum Gasteiger partial charge on any atom is 0.258 e. The molecule has 0 saturated carbocycles. The smallest absolute Gasteiger partial charge is 0.258 e. The first-order valence-corrected chi connectivity index (χ1v) is 10.7. The van der Waals surface area contributed by atoms with Crippen molar-refractivity contribution in [3.63, 3.8) is 0 Å². The van der Waals surface area contributed by atoms with Gasteiger partial charge in [-0.3, -0.25) is 9.59 Å². The molecule has 174 valence electrons. The Balaban J connectivity index is 1.61. The van der Waals surface area contributed by atoms with E-state index in [-0.39, 0.29) is 16.9 Å². The van der Waals surface area contributed by atoms with Crippen LogP contribution < -0.4 is 15.4 Å². The van der Waals surface area contributed by atoms with Crippen LogP contribution in [0.15, 0.2) is 66.7 Å². The van der Waals surface area contributed by atoms with E-state index < -0.39 is 17.5 Å². The molecule has 0 aliphatic carbocycles. The lowest BCUT2D eigenvalue weighted by atomic mass is 9.85. The zero-order chi connectivity index (χ0) is 24.5. The fraction of sp³-hybridized carbons (Fsp3) is 0.185. The number of methoxy groups -OCH3 is 1. The number of carbonyl (C=O) groups is 2. The zero-order valence-corrected chi connectivity index (χ0v) is 19.0. The molecule has 1 amide bonds. The standard InChI is InChI=1S/C27H24F2N2O3/c1-27(2)15-17-7-9-20(34-3)13-22(17)24(31-27)14-25(32)16-5-4-6-19(11-16)30-26(33)21-10-8-18(28)12-23(21)29/h4-14,31H,15H2,1-3H3,(H,30,33)/b24-14-. The second-order valence-electron chi connectivity index (χ2n) is 8.79. The number of ether oxygens (including phenoxy) is 1. The normalized spacial score (nSPS) is 15.3. The Hall–Kier alpha value is -4.00. The van der Waals surface area contributed by atoms with Crippen molar-refractivity contribution >= 4 is 23.1 Å². The van der Waals surface area contributed by atoms with Crippen molar-refractivity contribution in [2.24, 2.45) is 0 Å². The second-order valence-corrected chi connectivity index (χ2v) is 8.79. The van der Waals surface area contributed by atoms with Crippen LogP contribution in [0.3, 0.4) is 0 Å². The number of hydrogen-bond donors (Lipinski definition) is 2. The molecule has 0 bridgehead atoms. The number of halogens is 2. The van der Waals surface area contributed by atoms with Crippen LogP contribution in [0, 0.1) is 11.6 Å². The highest BCUT2D eigenvalue weighted by Crippen LogP contribution is 2.32. The number of allylic oxidation sites excluding steroid dienone is 1. The Morgan fingerprint density at radius 2 is 1.85 bits per heavy atom. The van der Waals surface area contributed by atoms with Crippen LogP contribution in [-0.2, 0) is 6.42 Å². The first-order valence-electron chi connectivity index (χ1n) is 10.7. The third kappa shape index (κ3) is 4.98. The molecule has 5 nitrogen and oxygen atoms in total. The quantitative estimate of drug-likeness (QED) is 0.395. The van der Waals surface area contributed by atoms with Gasteiger partial charge in [0.15, 0.2) is 5.78 Å². The summed E-state index contributed by atoms with van der Waals surface area (Å²) in [5.41, 5.74) is 2.80. The van der Waals surface area contributed by atoms with Gasteiger partial charge in [0.25, 0.3) is 5.91 Å². The van der Waals surface area contributed by atoms with Crippen LogP contribution in [0.1, 0.15) is 45.7 Å². The summed E-state index contributed by atoms with van der Waals surface area (Å²) in [7, 11) is 1.59. The van der Waals surface area contributed by atoms with Gasteiger partial charge in [0, 0.05) is 40.2 Å². The topological polar surface area (TPSA) is 67.4 Å². The van der Waals surface area contributed by atoms with Crippen LogP contribution in [-0.4, -0.2) is 24.3 Å². The minimum Gasteiger partial charge on any atom is -0.497 e. The summed E-state index contributed by atoms with van der Waals surface area (Å²) in [5, 5.41) is 5.98. The molecule has 4 rings (SSSR count). The molecule has 1 aliphatic rings. The first kappa shape index (κ1) is 23.2. The number of amides is 1. The van der Waals surface area contributed by atoms with Gasteiger partial charge in [0.1, 0.15) is 17.4 Å². The number of nitrogens with one attached hydrogen (secondary N) is 2. The van der Waals surface area contributed by atoms with E-state index in [4.69, 9.17) is 4.74 Å². The van der Waals surface area contributed by atoms with E-state index in [0.29, 0.717) is 28.8 Å². The molecular weight excluding hydrogens is 438 g/mol. The molecule has 0 aromatic heterocycles. The van der Waals surface area contributed by atoms with Crippen LogP contribution >= 0.6 is 0 Å². The molecule has 1 aliphatic heterocycles. The molecular formula is C27H24F2N2O3. The van der Waals surface area contributed by atoms with Crippen molar-refractivity contribution in [1.82, 2.24) is 5.32 Å². The predicted octanol–water partition coefficient (Wildman–Crippen LogP) is 5.37. The van der Waals surface area contributed by atoms with Crippen molar-refractivity contribution < 1.29 is 23.1 Å². The molecule has 0 saturated heterocycles. The Labute approximate surface area is 196 Å². The van der Waals surface area contributed by atoms with Gasteiger partial charge < -0.3 is 15.4 Å². The van der Waals surface area contributed by atoms with Crippen molar-refractivity contribution in [1.29, 1.82) is 0 Å². The Bertz CT molecular complexity index is 1310. The summed E-state index contributed by atoms with van der Waals surface area (Å²) >= 11 is 0. The predicted molar refractivity (Wildman–Crippen MR) is 127 cm³/mol. The molecule has 2 N–H and O–H groups in total. The molecule has 34 heavy (non-hydrogen) atoms. The Morgan fingerprint density at radius 1 is 1.06 bits per heavy atom. The molecule has 3 aromatic rings. The van der Waals surface area contributed by atoms with Gasteiger partial charge in [-0.15, -0.1) is 0 Å². The average molecular weight is 462 g/mol. The van der Waals surface area contributed by atoms with Crippen molar-refractivity contribution in [2.75, 3.05) is 12.4 Å². The summed E-state index contributed by atoms with van der Waals surface area (Å²) in [5.74, 6) is -2.05. The Kier molecular flexibility index (Phi) is 6.20. The number of benzene rings is 3. The number of ketones is 1. The minimum absolute atomic E-state index is 0.247. The fourth-order valence-corrected chi connectivity index (χ4v) is 3.99. The largest absolute Gasteiger partial charge is 0.497 e. The number of carbonyl (C=O) groups excluding carboxylic acids is 2. The SMILES string of the molecule is COc1ccc2c(c1)/C(=C/C(=O)c1cccc(NC(=O)c3ccc(F)cc3F)c1)NC(C)(C)C2. The van der Waals surface area contributed by atoms with E-state index in [0.717, 1.165) is 29.7 Å². The van der Waals surface area contributed by atoms with Crippen LogP contribution in [0.25, 0.3) is 5.70 Å². The number of anilines is 1. The van der Waals surface area contributed by atoms with Crippen LogP contribution in [0.4, 0.5) is 14.5 Å². The highest BCUT2D eigenvalue weighted by molar-refractivity contribution is 6.10. The van der Waals surface area contributed by atoms with E-state index in [2.05, 4.69) is 24.5 Å². The van der Waals surface area contributed by atoms with Crippen LogP contribution in [0.2, 0.25) is 0 Å². The molecule has 3 aromatic carbocycles. The van der Waals surface area contributed by atoms with Gasteiger partial charge in [-0.1, -0.05) is 18.2 Å². The minimum atomic E-state index is -0.963. The molecule has 1 heterocycles. The van der Waals surface area contributed by atoms with E-state index in [9.17, 15) is 18.4 Å².